The molecular weight excluding hydrogens is 446 g/mol. The van der Waals surface area contributed by atoms with Crippen LogP contribution in [0.5, 0.6) is 0 Å². The van der Waals surface area contributed by atoms with E-state index in [0.717, 1.165) is 16.7 Å². The fraction of sp³-hybridized carbons (Fsp3) is 0.524. The van der Waals surface area contributed by atoms with Crippen molar-refractivity contribution in [1.82, 2.24) is 0 Å². The van der Waals surface area contributed by atoms with Crippen molar-refractivity contribution in [2.75, 3.05) is 0 Å². The van der Waals surface area contributed by atoms with Crippen LogP contribution in [0.15, 0.2) is 30.4 Å². The van der Waals surface area contributed by atoms with Crippen LogP contribution in [0, 0.1) is 25.7 Å². The van der Waals surface area contributed by atoms with E-state index >= 15 is 0 Å². The Morgan fingerprint density at radius 2 is 1.92 bits per heavy atom. The van der Waals surface area contributed by atoms with E-state index in [1.165, 1.54) is 0 Å². The van der Waals surface area contributed by atoms with E-state index in [0.29, 0.717) is 25.7 Å². The van der Waals surface area contributed by atoms with Gasteiger partial charge in [-0.1, -0.05) is 52.9 Å². The molecule has 0 saturated heterocycles. The normalized spacial score (nSPS) is 25.9. The molecule has 3 nitrogen and oxygen atoms in total. The number of allylic oxidation sites excluding steroid dienone is 2. The molecule has 2 rings (SSSR count). The van der Waals surface area contributed by atoms with Crippen LogP contribution in [0.25, 0.3) is 0 Å². The van der Waals surface area contributed by atoms with Crippen molar-refractivity contribution in [3.63, 3.8) is 0 Å². The Hall–Kier alpha value is -1.24. The van der Waals surface area contributed by atoms with E-state index in [1.54, 1.807) is 0 Å². The molecule has 1 fully saturated rings. The Balaban J connectivity index is 2.06. The summed E-state index contributed by atoms with van der Waals surface area (Å²) in [4.78, 5) is 23.1. The van der Waals surface area contributed by atoms with E-state index < -0.39 is 16.1 Å². The molecule has 1 aromatic carbocycles. The van der Waals surface area contributed by atoms with Crippen LogP contribution in [-0.2, 0) is 16.0 Å². The van der Waals surface area contributed by atoms with Crippen LogP contribution in [0.4, 0.5) is 4.39 Å². The number of carbonyl (C=O) groups excluding carboxylic acids is 1. The lowest BCUT2D eigenvalue weighted by Gasteiger charge is -2.21. The molecule has 142 valence electrons. The molecule has 4 atom stereocenters. The number of aliphatic carboxylic acids is 1. The zero-order valence-electron chi connectivity index (χ0n) is 15.3. The molecule has 3 unspecified atom stereocenters. The largest absolute Gasteiger partial charge is 0.481 e. The standard InChI is InChI=1S/C21H26FIO3/c1-13-8-7-9-14(2)16(13)12-17-15(21(26)20(23)19(17)22)10-5-3-4-6-11-18(24)25/h3,5,7-9,15,17,19-20H,4,6,10-12H2,1-2H3,(H,24,25)/b5-3-/t15-,17?,19?,20?/m1/s1. The molecule has 1 aliphatic rings. The summed E-state index contributed by atoms with van der Waals surface area (Å²) in [5.74, 6) is -1.40. The summed E-state index contributed by atoms with van der Waals surface area (Å²) in [5.41, 5.74) is 3.43. The van der Waals surface area contributed by atoms with Crippen LogP contribution in [0.1, 0.15) is 42.4 Å². The minimum absolute atomic E-state index is 0.00419. The summed E-state index contributed by atoms with van der Waals surface area (Å²) < 4.78 is 14.3. The van der Waals surface area contributed by atoms with Crippen LogP contribution >= 0.6 is 22.6 Å². The van der Waals surface area contributed by atoms with E-state index in [2.05, 4.69) is 0 Å². The number of rotatable bonds is 8. The van der Waals surface area contributed by atoms with E-state index in [-0.39, 0.29) is 24.0 Å². The van der Waals surface area contributed by atoms with Gasteiger partial charge in [-0.3, -0.25) is 9.59 Å². The number of carboxylic acid groups (broad SMARTS) is 1. The monoisotopic (exact) mass is 472 g/mol. The van der Waals surface area contributed by atoms with Gasteiger partial charge in [0.1, 0.15) is 10.1 Å². The predicted molar refractivity (Wildman–Crippen MR) is 110 cm³/mol. The molecule has 1 N–H and O–H groups in total. The third kappa shape index (κ3) is 5.15. The Morgan fingerprint density at radius 1 is 1.27 bits per heavy atom. The molecule has 1 aromatic rings. The first-order valence-electron chi connectivity index (χ1n) is 9.06. The second-order valence-electron chi connectivity index (χ2n) is 7.09. The Labute approximate surface area is 168 Å². The Bertz CT molecular complexity index is 666. The maximum atomic E-state index is 14.8. The highest BCUT2D eigenvalue weighted by atomic mass is 127. The number of Topliss-reactive ketones (excluding diaryl/α,β-unsaturated/α-hetero) is 1. The van der Waals surface area contributed by atoms with Crippen molar-refractivity contribution in [2.24, 2.45) is 11.8 Å². The number of benzene rings is 1. The number of hydrogen-bond acceptors (Lipinski definition) is 2. The van der Waals surface area contributed by atoms with Crippen LogP contribution < -0.4 is 0 Å². The zero-order valence-corrected chi connectivity index (χ0v) is 17.4. The second kappa shape index (κ2) is 9.62. The lowest BCUT2D eigenvalue weighted by molar-refractivity contribution is -0.137. The van der Waals surface area contributed by atoms with Crippen molar-refractivity contribution in [3.8, 4) is 0 Å². The molecule has 1 saturated carbocycles. The summed E-state index contributed by atoms with van der Waals surface area (Å²) >= 11 is 1.94. The highest BCUT2D eigenvalue weighted by Crippen LogP contribution is 2.41. The number of ketones is 1. The predicted octanol–water partition coefficient (Wildman–Crippen LogP) is 5.00. The van der Waals surface area contributed by atoms with Crippen LogP contribution in [0.3, 0.4) is 0 Å². The molecule has 0 aromatic heterocycles. The van der Waals surface area contributed by atoms with Crippen molar-refractivity contribution >= 4 is 34.3 Å². The lowest BCUT2D eigenvalue weighted by Crippen LogP contribution is -2.22. The average molecular weight is 472 g/mol. The van der Waals surface area contributed by atoms with Crippen LogP contribution in [-0.4, -0.2) is 27.0 Å². The number of unbranched alkanes of at least 4 members (excludes halogenated alkanes) is 1. The second-order valence-corrected chi connectivity index (χ2v) is 8.43. The molecule has 0 heterocycles. The smallest absolute Gasteiger partial charge is 0.303 e. The van der Waals surface area contributed by atoms with E-state index in [1.807, 2.05) is 66.8 Å². The highest BCUT2D eigenvalue weighted by Gasteiger charge is 2.48. The van der Waals surface area contributed by atoms with Gasteiger partial charge in [-0.2, -0.15) is 0 Å². The van der Waals surface area contributed by atoms with Gasteiger partial charge in [0.25, 0.3) is 0 Å². The van der Waals surface area contributed by atoms with Gasteiger partial charge in [0.15, 0.2) is 5.78 Å². The van der Waals surface area contributed by atoms with Crippen molar-refractivity contribution in [2.45, 2.75) is 56.0 Å². The first-order valence-corrected chi connectivity index (χ1v) is 10.3. The molecule has 0 aliphatic heterocycles. The van der Waals surface area contributed by atoms with Gasteiger partial charge < -0.3 is 5.11 Å². The SMILES string of the molecule is Cc1cccc(C)c1CC1C(F)C(I)C(=O)[C@@H]1C/C=C\CCCC(=O)O. The number of carbonyl (C=O) groups is 2. The summed E-state index contributed by atoms with van der Waals surface area (Å²) in [6, 6.07) is 6.07. The Morgan fingerprint density at radius 3 is 2.54 bits per heavy atom. The zero-order chi connectivity index (χ0) is 19.3. The molecule has 5 heteroatoms. The molecule has 0 bridgehead atoms. The van der Waals surface area contributed by atoms with E-state index in [9.17, 15) is 14.0 Å². The summed E-state index contributed by atoms with van der Waals surface area (Å²) in [5, 5.41) is 8.64. The number of aryl methyl sites for hydroxylation is 2. The molecule has 0 amide bonds. The van der Waals surface area contributed by atoms with Crippen molar-refractivity contribution in [1.29, 1.82) is 0 Å². The van der Waals surface area contributed by atoms with Crippen molar-refractivity contribution < 1.29 is 19.1 Å². The maximum Gasteiger partial charge on any atom is 0.303 e. The minimum atomic E-state index is -1.12. The Kier molecular flexibility index (Phi) is 7.80. The lowest BCUT2D eigenvalue weighted by atomic mass is 9.84. The quantitative estimate of drug-likeness (QED) is 0.251. The summed E-state index contributed by atoms with van der Waals surface area (Å²) in [6.07, 6.45) is 5.23. The van der Waals surface area contributed by atoms with Gasteiger partial charge in [-0.25, -0.2) is 4.39 Å². The number of hydrogen-bond donors (Lipinski definition) is 1. The number of alkyl halides is 2. The van der Waals surface area contributed by atoms with E-state index in [4.69, 9.17) is 5.11 Å². The van der Waals surface area contributed by atoms with Gasteiger partial charge in [0.2, 0.25) is 0 Å². The molecule has 26 heavy (non-hydrogen) atoms. The first-order chi connectivity index (χ1) is 12.3. The summed E-state index contributed by atoms with van der Waals surface area (Å²) in [6.45, 7) is 4.07. The van der Waals surface area contributed by atoms with Crippen molar-refractivity contribution in [3.05, 3.63) is 47.0 Å². The molecule has 0 radical (unpaired) electrons. The van der Waals surface area contributed by atoms with Crippen LogP contribution in [0.2, 0.25) is 0 Å². The van der Waals surface area contributed by atoms with Gasteiger partial charge >= 0.3 is 5.97 Å². The third-order valence-corrected chi connectivity index (χ3v) is 6.55. The number of halogens is 2. The highest BCUT2D eigenvalue weighted by molar-refractivity contribution is 14.1. The third-order valence-electron chi connectivity index (χ3n) is 5.25. The molecular formula is C21H26FIO3. The topological polar surface area (TPSA) is 54.4 Å². The fourth-order valence-electron chi connectivity index (χ4n) is 3.70. The number of carboxylic acids is 1. The molecule has 0 spiro atoms. The average Bonchev–Trinajstić information content (AvgIpc) is 2.78. The first kappa shape index (κ1) is 21.1. The van der Waals surface area contributed by atoms with Gasteiger partial charge in [-0.15, -0.1) is 0 Å². The molecule has 1 aliphatic carbocycles. The maximum absolute atomic E-state index is 14.8. The summed E-state index contributed by atoms with van der Waals surface area (Å²) in [7, 11) is 0. The fourth-order valence-corrected chi connectivity index (χ4v) is 4.69. The van der Waals surface area contributed by atoms with Gasteiger partial charge in [0, 0.05) is 18.3 Å². The van der Waals surface area contributed by atoms with Gasteiger partial charge in [-0.05, 0) is 56.2 Å². The minimum Gasteiger partial charge on any atom is -0.481 e. The van der Waals surface area contributed by atoms with Gasteiger partial charge in [0.05, 0.1) is 0 Å².